The van der Waals surface area contributed by atoms with Crippen molar-refractivity contribution < 1.29 is 73.1 Å². The highest BCUT2D eigenvalue weighted by Gasteiger charge is 2.54. The number of hydrogen-bond donors (Lipinski definition) is 10. The maximum Gasteiger partial charge on any atom is 0.326 e. The Bertz CT molecular complexity index is 1800. The number of rotatable bonds is 15. The van der Waals surface area contributed by atoms with Crippen LogP contribution in [0.1, 0.15) is 75.2 Å². The number of nitrogens with one attached hydrogen (secondary N) is 4. The SMILES string of the molecule is COC(=O)C1CC(NC(=O)c2cc(=O)[nH]c(=O)[nH]2)[C@@H](O[C@@H]2OC(C)[C@@H](O)[C@H](O)C2O)[C@H](O[C@@H]2O[C@@H](CO)[C@H](O)C(O[C@@H](CC3CCCCC3)C(=O)N3CCC3)C2NC(=O)CN)C1. The minimum absolute atomic E-state index is 0.142. The number of carbonyl (C=O) groups is 4. The molecule has 1 aromatic heterocycles. The van der Waals surface area contributed by atoms with Crippen molar-refractivity contribution in [3.63, 3.8) is 0 Å². The van der Waals surface area contributed by atoms with E-state index in [1.54, 1.807) is 4.90 Å². The van der Waals surface area contributed by atoms with E-state index in [1.807, 2.05) is 4.98 Å². The van der Waals surface area contributed by atoms with Gasteiger partial charge in [-0.05, 0) is 38.5 Å². The molecule has 62 heavy (non-hydrogen) atoms. The molecule has 23 heteroatoms. The smallest absolute Gasteiger partial charge is 0.326 e. The molecule has 348 valence electrons. The summed E-state index contributed by atoms with van der Waals surface area (Å²) in [5.41, 5.74) is 3.38. The van der Waals surface area contributed by atoms with Crippen molar-refractivity contribution in [1.82, 2.24) is 25.5 Å². The molecule has 3 aliphatic heterocycles. The summed E-state index contributed by atoms with van der Waals surface area (Å²) in [4.78, 5) is 84.0. The Morgan fingerprint density at radius 2 is 1.63 bits per heavy atom. The van der Waals surface area contributed by atoms with Crippen LogP contribution >= 0.6 is 0 Å². The van der Waals surface area contributed by atoms with Crippen molar-refractivity contribution in [2.45, 2.75) is 150 Å². The molecule has 0 spiro atoms. The molecule has 2 aliphatic carbocycles. The molecule has 6 unspecified atom stereocenters. The maximum absolute atomic E-state index is 13.9. The van der Waals surface area contributed by atoms with Crippen molar-refractivity contribution in [1.29, 1.82) is 0 Å². The van der Waals surface area contributed by atoms with Gasteiger partial charge in [0.25, 0.3) is 17.4 Å². The molecule has 0 bridgehead atoms. The van der Waals surface area contributed by atoms with Crippen LogP contribution in [0.3, 0.4) is 0 Å². The number of ether oxygens (including phenoxy) is 6. The normalized spacial score (nSPS) is 35.9. The predicted octanol–water partition coefficient (Wildman–Crippen LogP) is -4.18. The quantitative estimate of drug-likeness (QED) is 0.0747. The first-order valence-electron chi connectivity index (χ1n) is 21.2. The number of hydrogen-bond acceptors (Lipinski definition) is 18. The third kappa shape index (κ3) is 11.1. The fourth-order valence-electron chi connectivity index (χ4n) is 8.93. The monoisotopic (exact) mass is 884 g/mol. The Morgan fingerprint density at radius 3 is 2.26 bits per heavy atom. The molecule has 15 atom stereocenters. The maximum atomic E-state index is 13.9. The van der Waals surface area contributed by atoms with E-state index in [0.29, 0.717) is 19.5 Å². The fourth-order valence-corrected chi connectivity index (χ4v) is 8.93. The molecule has 1 aromatic rings. The minimum Gasteiger partial charge on any atom is -0.469 e. The van der Waals surface area contributed by atoms with Crippen molar-refractivity contribution in [3.05, 3.63) is 32.6 Å². The van der Waals surface area contributed by atoms with E-state index in [0.717, 1.165) is 51.7 Å². The van der Waals surface area contributed by atoms with Crippen LogP contribution in [0.25, 0.3) is 0 Å². The Hall–Kier alpha value is -3.88. The molecule has 4 heterocycles. The molecule has 3 amide bonds. The lowest BCUT2D eigenvalue weighted by Crippen LogP contribution is -2.68. The summed E-state index contributed by atoms with van der Waals surface area (Å²) in [6.07, 6.45) is -12.6. The van der Waals surface area contributed by atoms with Crippen molar-refractivity contribution in [2.75, 3.05) is 33.4 Å². The molecular formula is C39H60N6O17. The van der Waals surface area contributed by atoms with Gasteiger partial charge in [0.1, 0.15) is 60.6 Å². The highest BCUT2D eigenvalue weighted by atomic mass is 16.7. The van der Waals surface area contributed by atoms with Gasteiger partial charge in [0.05, 0.1) is 44.4 Å². The first-order valence-corrected chi connectivity index (χ1v) is 21.2. The van der Waals surface area contributed by atoms with Gasteiger partial charge in [-0.2, -0.15) is 0 Å². The van der Waals surface area contributed by atoms with Crippen LogP contribution in [0.5, 0.6) is 0 Å². The Labute approximate surface area is 355 Å². The van der Waals surface area contributed by atoms with Gasteiger partial charge in [-0.25, -0.2) is 4.79 Å². The number of aliphatic hydroxyl groups is 5. The summed E-state index contributed by atoms with van der Waals surface area (Å²) < 4.78 is 36.4. The number of carbonyl (C=O) groups excluding carboxylic acids is 4. The third-order valence-electron chi connectivity index (χ3n) is 12.5. The zero-order chi connectivity index (χ0) is 44.8. The van der Waals surface area contributed by atoms with Crippen LogP contribution in [0.2, 0.25) is 0 Å². The second-order valence-corrected chi connectivity index (χ2v) is 16.8. The Kier molecular flexibility index (Phi) is 16.3. The van der Waals surface area contributed by atoms with Crippen LogP contribution in [0.15, 0.2) is 15.7 Å². The lowest BCUT2D eigenvalue weighted by Gasteiger charge is -2.49. The van der Waals surface area contributed by atoms with Crippen LogP contribution in [-0.2, 0) is 42.8 Å². The van der Waals surface area contributed by atoms with Crippen LogP contribution in [0, 0.1) is 11.8 Å². The number of likely N-dealkylation sites (tertiary alicyclic amines) is 1. The van der Waals surface area contributed by atoms with E-state index in [1.165, 1.54) is 6.92 Å². The summed E-state index contributed by atoms with van der Waals surface area (Å²) in [5, 5.41) is 59.7. The molecule has 6 rings (SSSR count). The lowest BCUT2D eigenvalue weighted by atomic mass is 9.81. The summed E-state index contributed by atoms with van der Waals surface area (Å²) in [7, 11) is 1.14. The van der Waals surface area contributed by atoms with Crippen LogP contribution in [-0.4, -0.2) is 183 Å². The van der Waals surface area contributed by atoms with E-state index in [-0.39, 0.29) is 24.7 Å². The molecule has 5 aliphatic rings. The molecule has 0 aromatic carbocycles. The van der Waals surface area contributed by atoms with Gasteiger partial charge in [-0.3, -0.25) is 29.0 Å². The number of methoxy groups -OCH3 is 1. The van der Waals surface area contributed by atoms with Crippen molar-refractivity contribution >= 4 is 23.7 Å². The molecule has 3 saturated heterocycles. The third-order valence-corrected chi connectivity index (χ3v) is 12.5. The van der Waals surface area contributed by atoms with Crippen molar-refractivity contribution in [3.8, 4) is 0 Å². The molecule has 2 saturated carbocycles. The zero-order valence-electron chi connectivity index (χ0n) is 34.7. The standard InChI is InChI=1S/C39H60N6O17/c1-17-28(49)30(51)31(52)38(58-17)62-32-20(41-34(53)21-14-25(47)44-39(56)42-21)12-19(36(55)57-2)13-22(32)60-37-27(43-26(48)15-40)33(29(50)24(16-46)61-37)59-23(35(54)45-9-6-10-45)11-18-7-4-3-5-8-18/h14,17-20,22-24,27-33,37-38,46,49-52H,3-13,15-16,40H2,1-2H3,(H,41,53)(H,43,48)(H2,42,44,47,56)/t17?,19?,20?,22-,23+,24+,27?,28-,29+,30+,31?,32-,33?,37-,38+/m1/s1. The Balaban J connectivity index is 1.38. The lowest BCUT2D eigenvalue weighted by molar-refractivity contribution is -0.335. The highest BCUT2D eigenvalue weighted by Crippen LogP contribution is 2.37. The number of nitrogens with zero attached hydrogens (tertiary/aromatic N) is 1. The minimum atomic E-state index is -1.86. The first kappa shape index (κ1) is 47.6. The van der Waals surface area contributed by atoms with Crippen molar-refractivity contribution in [2.24, 2.45) is 17.6 Å². The average molecular weight is 885 g/mol. The second kappa shape index (κ2) is 21.2. The zero-order valence-corrected chi connectivity index (χ0v) is 34.7. The van der Waals surface area contributed by atoms with Gasteiger partial charge >= 0.3 is 11.7 Å². The largest absolute Gasteiger partial charge is 0.469 e. The number of aromatic amines is 2. The number of amides is 3. The number of esters is 1. The van der Waals surface area contributed by atoms with E-state index < -0.39 is 139 Å². The van der Waals surface area contributed by atoms with E-state index in [4.69, 9.17) is 34.2 Å². The van der Waals surface area contributed by atoms with E-state index in [9.17, 15) is 54.3 Å². The van der Waals surface area contributed by atoms with Gasteiger partial charge in [0.2, 0.25) is 5.91 Å². The van der Waals surface area contributed by atoms with E-state index >= 15 is 0 Å². The highest BCUT2D eigenvalue weighted by molar-refractivity contribution is 5.92. The van der Waals surface area contributed by atoms with Gasteiger partial charge in [0.15, 0.2) is 12.6 Å². The molecule has 23 nitrogen and oxygen atoms in total. The molecule has 0 radical (unpaired) electrons. The number of H-pyrrole nitrogens is 2. The molecular weight excluding hydrogens is 824 g/mol. The molecule has 11 N–H and O–H groups in total. The van der Waals surface area contributed by atoms with Gasteiger partial charge < -0.3 is 80.2 Å². The molecule has 5 fully saturated rings. The van der Waals surface area contributed by atoms with Gasteiger partial charge in [0, 0.05) is 19.2 Å². The Morgan fingerprint density at radius 1 is 0.903 bits per heavy atom. The predicted molar refractivity (Wildman–Crippen MR) is 210 cm³/mol. The average Bonchev–Trinajstić information content (AvgIpc) is 3.23. The topological polar surface area (TPSA) is 344 Å². The second-order valence-electron chi connectivity index (χ2n) is 16.8. The number of aliphatic hydroxyl groups excluding tert-OH is 5. The summed E-state index contributed by atoms with van der Waals surface area (Å²) in [6, 6.07) is -1.92. The van der Waals surface area contributed by atoms with Crippen LogP contribution < -0.4 is 27.6 Å². The van der Waals surface area contributed by atoms with E-state index in [2.05, 4.69) is 15.6 Å². The number of aromatic nitrogens is 2. The van der Waals surface area contributed by atoms with Gasteiger partial charge in [-0.15, -0.1) is 0 Å². The number of nitrogens with two attached hydrogens (primary N) is 1. The van der Waals surface area contributed by atoms with Crippen LogP contribution in [0.4, 0.5) is 0 Å². The summed E-state index contributed by atoms with van der Waals surface area (Å²) in [6.45, 7) is 1.13. The first-order chi connectivity index (χ1) is 29.6. The summed E-state index contributed by atoms with van der Waals surface area (Å²) in [5.74, 6) is -3.70. The fraction of sp³-hybridized carbons (Fsp3) is 0.795. The van der Waals surface area contributed by atoms with Gasteiger partial charge in [-0.1, -0.05) is 32.1 Å². The summed E-state index contributed by atoms with van der Waals surface area (Å²) >= 11 is 0.